The molecule has 5 heteroatoms. The van der Waals surface area contributed by atoms with Crippen LogP contribution in [0.4, 0.5) is 0 Å². The van der Waals surface area contributed by atoms with Gasteiger partial charge in [0, 0.05) is 22.7 Å². The highest BCUT2D eigenvalue weighted by molar-refractivity contribution is 6.30. The lowest BCUT2D eigenvalue weighted by Crippen LogP contribution is -2.46. The van der Waals surface area contributed by atoms with E-state index in [-0.39, 0.29) is 11.4 Å². The molecule has 1 aromatic rings. The number of benzene rings is 1. The molecule has 1 unspecified atom stereocenters. The maximum Gasteiger partial charge on any atom is 0.261 e. The molecule has 2 N–H and O–H groups in total. The quantitative estimate of drug-likeness (QED) is 0.879. The summed E-state index contributed by atoms with van der Waals surface area (Å²) in [6, 6.07) is 5.38. The molecule has 0 spiro atoms. The molecule has 0 aliphatic carbocycles. The molecule has 0 bridgehead atoms. The van der Waals surface area contributed by atoms with Gasteiger partial charge in [0.1, 0.15) is 5.75 Å². The van der Waals surface area contributed by atoms with Crippen molar-refractivity contribution in [2.75, 3.05) is 7.05 Å². The van der Waals surface area contributed by atoms with Gasteiger partial charge in [0.05, 0.1) is 0 Å². The Bertz CT molecular complexity index is 469. The lowest BCUT2D eigenvalue weighted by Gasteiger charge is -2.24. The number of rotatable bonds is 5. The van der Waals surface area contributed by atoms with Crippen LogP contribution in [0, 0.1) is 0 Å². The van der Waals surface area contributed by atoms with Crippen LogP contribution in [0.3, 0.4) is 0 Å². The zero-order valence-corrected chi connectivity index (χ0v) is 13.5. The summed E-state index contributed by atoms with van der Waals surface area (Å²) in [5, 5.41) is 6.60. The monoisotopic (exact) mass is 298 g/mol. The Balaban J connectivity index is 2.79. The van der Waals surface area contributed by atoms with Crippen molar-refractivity contribution in [2.24, 2.45) is 0 Å². The number of hydrogen-bond acceptors (Lipinski definition) is 3. The highest BCUT2D eigenvalue weighted by atomic mass is 35.5. The van der Waals surface area contributed by atoms with Crippen LogP contribution in [0.25, 0.3) is 0 Å². The number of nitrogens with one attached hydrogen (secondary N) is 2. The van der Waals surface area contributed by atoms with Crippen molar-refractivity contribution in [1.29, 1.82) is 0 Å². The molecular formula is C15H23ClN2O2. The van der Waals surface area contributed by atoms with E-state index in [0.29, 0.717) is 17.3 Å². The van der Waals surface area contributed by atoms with Crippen molar-refractivity contribution in [3.63, 3.8) is 0 Å². The molecule has 1 amide bonds. The number of halogens is 1. The molecule has 1 aromatic carbocycles. The van der Waals surface area contributed by atoms with Gasteiger partial charge in [-0.2, -0.15) is 0 Å². The third-order valence-electron chi connectivity index (χ3n) is 2.56. The lowest BCUT2D eigenvalue weighted by molar-refractivity contribution is -0.128. The molecule has 0 fully saturated rings. The maximum absolute atomic E-state index is 12.0. The Kier molecular flexibility index (Phi) is 5.84. The van der Waals surface area contributed by atoms with E-state index in [1.165, 1.54) is 0 Å². The normalized spacial score (nSPS) is 12.9. The molecule has 0 saturated carbocycles. The van der Waals surface area contributed by atoms with Gasteiger partial charge in [-0.05, 0) is 52.9 Å². The van der Waals surface area contributed by atoms with E-state index in [0.717, 1.165) is 5.56 Å². The second-order valence-electron chi connectivity index (χ2n) is 5.78. The van der Waals surface area contributed by atoms with Crippen molar-refractivity contribution >= 4 is 17.5 Å². The van der Waals surface area contributed by atoms with Gasteiger partial charge in [0.15, 0.2) is 6.10 Å². The number of amides is 1. The average Bonchev–Trinajstić information content (AvgIpc) is 2.30. The Morgan fingerprint density at radius 2 is 2.05 bits per heavy atom. The fourth-order valence-corrected chi connectivity index (χ4v) is 1.90. The molecule has 20 heavy (non-hydrogen) atoms. The Hall–Kier alpha value is -1.26. The van der Waals surface area contributed by atoms with Gasteiger partial charge < -0.3 is 15.4 Å². The second-order valence-corrected chi connectivity index (χ2v) is 6.22. The first kappa shape index (κ1) is 16.8. The molecule has 0 radical (unpaired) electrons. The number of hydrogen-bond donors (Lipinski definition) is 2. The van der Waals surface area contributed by atoms with Crippen LogP contribution in [0.15, 0.2) is 18.2 Å². The molecule has 0 aliphatic heterocycles. The SMILES string of the molecule is CNCc1cc(Cl)ccc1OC(C)C(=O)NC(C)(C)C. The van der Waals surface area contributed by atoms with Gasteiger partial charge in [-0.1, -0.05) is 11.6 Å². The number of carbonyl (C=O) groups excluding carboxylic acids is 1. The van der Waals surface area contributed by atoms with Gasteiger partial charge in [-0.15, -0.1) is 0 Å². The number of ether oxygens (including phenoxy) is 1. The first-order chi connectivity index (χ1) is 9.23. The highest BCUT2D eigenvalue weighted by Gasteiger charge is 2.21. The minimum Gasteiger partial charge on any atom is -0.481 e. The van der Waals surface area contributed by atoms with E-state index in [1.54, 1.807) is 19.1 Å². The summed E-state index contributed by atoms with van der Waals surface area (Å²) >= 11 is 5.98. The molecule has 1 rings (SSSR count). The van der Waals surface area contributed by atoms with Crippen molar-refractivity contribution < 1.29 is 9.53 Å². The minimum atomic E-state index is -0.564. The van der Waals surface area contributed by atoms with Crippen LogP contribution >= 0.6 is 11.6 Å². The topological polar surface area (TPSA) is 50.4 Å². The van der Waals surface area contributed by atoms with Crippen molar-refractivity contribution in [3.05, 3.63) is 28.8 Å². The standard InChI is InChI=1S/C15H23ClN2O2/c1-10(14(19)18-15(2,3)4)20-13-7-6-12(16)8-11(13)9-17-5/h6-8,10,17H,9H2,1-5H3,(H,18,19). The van der Waals surface area contributed by atoms with Gasteiger partial charge in [0.2, 0.25) is 0 Å². The van der Waals surface area contributed by atoms with Crippen LogP contribution in [-0.4, -0.2) is 24.6 Å². The van der Waals surface area contributed by atoms with Gasteiger partial charge >= 0.3 is 0 Å². The summed E-state index contributed by atoms with van der Waals surface area (Å²) in [6.07, 6.45) is -0.564. The van der Waals surface area contributed by atoms with Gasteiger partial charge in [-0.25, -0.2) is 0 Å². The molecule has 0 aromatic heterocycles. The van der Waals surface area contributed by atoms with Crippen molar-refractivity contribution in [2.45, 2.75) is 45.9 Å². The summed E-state index contributed by atoms with van der Waals surface area (Å²) in [7, 11) is 1.85. The summed E-state index contributed by atoms with van der Waals surface area (Å²) < 4.78 is 5.75. The van der Waals surface area contributed by atoms with Gasteiger partial charge in [0.25, 0.3) is 5.91 Å². The van der Waals surface area contributed by atoms with E-state index < -0.39 is 6.10 Å². The molecule has 0 saturated heterocycles. The Morgan fingerprint density at radius 3 is 2.60 bits per heavy atom. The van der Waals surface area contributed by atoms with Crippen LogP contribution in [-0.2, 0) is 11.3 Å². The molecule has 0 heterocycles. The van der Waals surface area contributed by atoms with E-state index in [2.05, 4.69) is 10.6 Å². The maximum atomic E-state index is 12.0. The summed E-state index contributed by atoms with van der Waals surface area (Å²) in [5.41, 5.74) is 0.651. The van der Waals surface area contributed by atoms with E-state index in [4.69, 9.17) is 16.3 Å². The van der Waals surface area contributed by atoms with E-state index in [1.807, 2.05) is 33.9 Å². The van der Waals surface area contributed by atoms with Gasteiger partial charge in [-0.3, -0.25) is 4.79 Å². The lowest BCUT2D eigenvalue weighted by atomic mass is 10.1. The fraction of sp³-hybridized carbons (Fsp3) is 0.533. The van der Waals surface area contributed by atoms with Crippen molar-refractivity contribution in [1.82, 2.24) is 10.6 Å². The highest BCUT2D eigenvalue weighted by Crippen LogP contribution is 2.24. The zero-order chi connectivity index (χ0) is 15.3. The number of carbonyl (C=O) groups is 1. The van der Waals surface area contributed by atoms with Crippen LogP contribution in [0.2, 0.25) is 5.02 Å². The summed E-state index contributed by atoms with van der Waals surface area (Å²) in [5.74, 6) is 0.531. The third-order valence-corrected chi connectivity index (χ3v) is 2.80. The molecule has 1 atom stereocenters. The Morgan fingerprint density at radius 1 is 1.40 bits per heavy atom. The molecule has 4 nitrogen and oxygen atoms in total. The first-order valence-corrected chi connectivity index (χ1v) is 7.02. The smallest absolute Gasteiger partial charge is 0.261 e. The van der Waals surface area contributed by atoms with Crippen molar-refractivity contribution in [3.8, 4) is 5.75 Å². The molecular weight excluding hydrogens is 276 g/mol. The third kappa shape index (κ3) is 5.39. The van der Waals surface area contributed by atoms with Crippen LogP contribution < -0.4 is 15.4 Å². The molecule has 0 aliphatic rings. The summed E-state index contributed by atoms with van der Waals surface area (Å²) in [6.45, 7) is 8.17. The predicted molar refractivity (Wildman–Crippen MR) is 82.2 cm³/mol. The average molecular weight is 299 g/mol. The van der Waals surface area contributed by atoms with Crippen LogP contribution in [0.5, 0.6) is 5.75 Å². The van der Waals surface area contributed by atoms with Crippen LogP contribution in [0.1, 0.15) is 33.3 Å². The minimum absolute atomic E-state index is 0.136. The second kappa shape index (κ2) is 6.95. The predicted octanol–water partition coefficient (Wildman–Crippen LogP) is 2.74. The fourth-order valence-electron chi connectivity index (χ4n) is 1.71. The zero-order valence-electron chi connectivity index (χ0n) is 12.7. The Labute approximate surface area is 125 Å². The van der Waals surface area contributed by atoms with E-state index in [9.17, 15) is 4.79 Å². The van der Waals surface area contributed by atoms with E-state index >= 15 is 0 Å². The first-order valence-electron chi connectivity index (χ1n) is 6.64. The molecule has 112 valence electrons. The largest absolute Gasteiger partial charge is 0.481 e. The summed E-state index contributed by atoms with van der Waals surface area (Å²) in [4.78, 5) is 12.0.